The van der Waals surface area contributed by atoms with E-state index in [1.807, 2.05) is 48.5 Å². The van der Waals surface area contributed by atoms with Crippen LogP contribution in [-0.2, 0) is 30.3 Å². The Morgan fingerprint density at radius 1 is 1.07 bits per heavy atom. The molecule has 244 valence electrons. The van der Waals surface area contributed by atoms with Crippen LogP contribution in [0.4, 0.5) is 0 Å². The van der Waals surface area contributed by atoms with Crippen molar-refractivity contribution >= 4 is 18.2 Å². The van der Waals surface area contributed by atoms with Crippen LogP contribution in [0.25, 0.3) is 5.69 Å². The molecule has 0 N–H and O–H groups in total. The summed E-state index contributed by atoms with van der Waals surface area (Å²) in [4.78, 5) is 0. The zero-order valence-corrected chi connectivity index (χ0v) is 28.8. The van der Waals surface area contributed by atoms with E-state index >= 15 is 0 Å². The highest BCUT2D eigenvalue weighted by Gasteiger charge is 2.36. The lowest BCUT2D eigenvalue weighted by atomic mass is 10.0. The molecular formula is C33H46N4O6SSi. The van der Waals surface area contributed by atoms with Gasteiger partial charge in [0.2, 0.25) is 9.84 Å². The predicted octanol–water partition coefficient (Wildman–Crippen LogP) is 6.10. The van der Waals surface area contributed by atoms with Crippen LogP contribution in [0.1, 0.15) is 46.1 Å². The van der Waals surface area contributed by atoms with Crippen molar-refractivity contribution in [2.45, 2.75) is 88.7 Å². The van der Waals surface area contributed by atoms with Crippen LogP contribution >= 0.6 is 0 Å². The van der Waals surface area contributed by atoms with E-state index in [1.54, 1.807) is 19.2 Å². The molecule has 2 aromatic carbocycles. The average Bonchev–Trinajstić information content (AvgIpc) is 3.58. The summed E-state index contributed by atoms with van der Waals surface area (Å²) in [7, 11) is -4.39. The first kappa shape index (κ1) is 34.7. The maximum absolute atomic E-state index is 13.7. The maximum atomic E-state index is 13.7. The molecule has 0 radical (unpaired) electrons. The van der Waals surface area contributed by atoms with Crippen molar-refractivity contribution in [2.24, 2.45) is 0 Å². The number of para-hydroxylation sites is 1. The second-order valence-electron chi connectivity index (χ2n) is 11.4. The summed E-state index contributed by atoms with van der Waals surface area (Å²) in [6.45, 7) is 9.49. The molecular weight excluding hydrogens is 609 g/mol. The van der Waals surface area contributed by atoms with Crippen molar-refractivity contribution in [3.8, 4) is 11.4 Å². The molecule has 3 atom stereocenters. The van der Waals surface area contributed by atoms with Crippen LogP contribution < -0.4 is 4.74 Å². The van der Waals surface area contributed by atoms with Gasteiger partial charge in [-0.05, 0) is 78.2 Å². The van der Waals surface area contributed by atoms with Gasteiger partial charge in [0.25, 0.3) is 5.16 Å². The van der Waals surface area contributed by atoms with Crippen molar-refractivity contribution < 1.29 is 27.1 Å². The molecule has 0 amide bonds. The molecule has 4 rings (SSSR count). The highest BCUT2D eigenvalue weighted by atomic mass is 32.2. The number of ether oxygens (including phenoxy) is 3. The van der Waals surface area contributed by atoms with E-state index in [0.717, 1.165) is 35.9 Å². The molecule has 0 saturated heterocycles. The SMILES string of the molecule is CC[Si](CC)(CC)O[C@@H](/C=C/[C@@H]1CC(C)=CCO1)[C@H](CCS(=O)(=O)c1nnnn1-c1ccccc1)OCc1ccc(OC)cc1. The van der Waals surface area contributed by atoms with Gasteiger partial charge >= 0.3 is 0 Å². The molecule has 10 nitrogen and oxygen atoms in total. The summed E-state index contributed by atoms with van der Waals surface area (Å²) < 4.78 is 53.6. The summed E-state index contributed by atoms with van der Waals surface area (Å²) in [5.41, 5.74) is 2.79. The number of hydrogen-bond acceptors (Lipinski definition) is 9. The molecule has 0 unspecified atom stereocenters. The van der Waals surface area contributed by atoms with E-state index in [1.165, 1.54) is 10.3 Å². The standard InChI is InChI=1S/C33H46N4O6SSi/c1-6-45(7-2,8-3)43-32(19-18-30-24-26(4)20-22-41-30)31(42-25-27-14-16-29(40-5)17-15-27)21-23-44(38,39)33-34-35-36-37(33)28-12-10-9-11-13-28/h9-20,30-32H,6-8,21-25H2,1-5H3/b19-18+/t30-,31+,32+/m1/s1. The van der Waals surface area contributed by atoms with E-state index in [2.05, 4.69) is 55.4 Å². The Bertz CT molecular complexity index is 1500. The molecule has 0 aliphatic carbocycles. The van der Waals surface area contributed by atoms with Crippen molar-refractivity contribution in [3.05, 3.63) is 84.0 Å². The lowest BCUT2D eigenvalue weighted by Gasteiger charge is -2.36. The van der Waals surface area contributed by atoms with Crippen LogP contribution in [0.3, 0.4) is 0 Å². The van der Waals surface area contributed by atoms with E-state index < -0.39 is 30.4 Å². The Morgan fingerprint density at radius 3 is 2.42 bits per heavy atom. The molecule has 3 aromatic rings. The van der Waals surface area contributed by atoms with Crippen LogP contribution in [0.5, 0.6) is 5.75 Å². The summed E-state index contributed by atoms with van der Waals surface area (Å²) in [6, 6.07) is 19.5. The molecule has 45 heavy (non-hydrogen) atoms. The lowest BCUT2D eigenvalue weighted by molar-refractivity contribution is -0.0229. The van der Waals surface area contributed by atoms with Crippen molar-refractivity contribution in [3.63, 3.8) is 0 Å². The Morgan fingerprint density at radius 2 is 1.78 bits per heavy atom. The summed E-state index contributed by atoms with van der Waals surface area (Å²) in [6.07, 6.45) is 6.05. The third-order valence-electron chi connectivity index (χ3n) is 8.48. The predicted molar refractivity (Wildman–Crippen MR) is 177 cm³/mol. The molecule has 0 saturated carbocycles. The van der Waals surface area contributed by atoms with Gasteiger partial charge < -0.3 is 18.6 Å². The Hall–Kier alpha value is -3.16. The van der Waals surface area contributed by atoms with Gasteiger partial charge in [-0.15, -0.1) is 0 Å². The quantitative estimate of drug-likeness (QED) is 0.126. The van der Waals surface area contributed by atoms with Crippen LogP contribution in [0.2, 0.25) is 18.1 Å². The number of sulfone groups is 1. The zero-order valence-electron chi connectivity index (χ0n) is 27.0. The number of aromatic nitrogens is 4. The lowest BCUT2D eigenvalue weighted by Crippen LogP contribution is -2.44. The molecule has 1 aromatic heterocycles. The molecule has 1 aliphatic heterocycles. The highest BCUT2D eigenvalue weighted by Crippen LogP contribution is 2.28. The minimum Gasteiger partial charge on any atom is -0.497 e. The topological polar surface area (TPSA) is 115 Å². The van der Waals surface area contributed by atoms with Crippen LogP contribution in [-0.4, -0.2) is 74.7 Å². The largest absolute Gasteiger partial charge is 0.497 e. The number of benzene rings is 2. The highest BCUT2D eigenvalue weighted by molar-refractivity contribution is 7.91. The number of tetrazole rings is 1. The van der Waals surface area contributed by atoms with Crippen molar-refractivity contribution in [2.75, 3.05) is 19.5 Å². The van der Waals surface area contributed by atoms with Crippen LogP contribution in [0.15, 0.2) is 83.6 Å². The molecule has 0 fully saturated rings. The smallest absolute Gasteiger partial charge is 0.272 e. The molecule has 2 heterocycles. The second kappa shape index (κ2) is 16.4. The third-order valence-corrected chi connectivity index (χ3v) is 14.7. The van der Waals surface area contributed by atoms with Gasteiger partial charge in [0.15, 0.2) is 8.32 Å². The van der Waals surface area contributed by atoms with E-state index in [9.17, 15) is 8.42 Å². The Labute approximate surface area is 268 Å². The van der Waals surface area contributed by atoms with E-state index in [0.29, 0.717) is 12.3 Å². The number of methoxy groups -OCH3 is 1. The molecule has 0 bridgehead atoms. The molecule has 1 aliphatic rings. The van der Waals surface area contributed by atoms with Gasteiger partial charge in [0.1, 0.15) is 5.75 Å². The summed E-state index contributed by atoms with van der Waals surface area (Å²) in [5.74, 6) is 0.533. The van der Waals surface area contributed by atoms with Crippen LogP contribution in [0, 0.1) is 0 Å². The van der Waals surface area contributed by atoms with E-state index in [-0.39, 0.29) is 30.0 Å². The minimum atomic E-state index is -3.89. The second-order valence-corrected chi connectivity index (χ2v) is 18.1. The molecule has 12 heteroatoms. The monoisotopic (exact) mass is 654 g/mol. The van der Waals surface area contributed by atoms with Crippen molar-refractivity contribution in [1.29, 1.82) is 0 Å². The Kier molecular flexibility index (Phi) is 12.7. The van der Waals surface area contributed by atoms with Gasteiger partial charge in [-0.2, -0.15) is 4.68 Å². The number of hydrogen-bond donors (Lipinski definition) is 0. The maximum Gasteiger partial charge on any atom is 0.272 e. The van der Waals surface area contributed by atoms with Gasteiger partial charge in [-0.3, -0.25) is 0 Å². The van der Waals surface area contributed by atoms with Gasteiger partial charge in [0.05, 0.1) is 50.1 Å². The first-order valence-electron chi connectivity index (χ1n) is 15.7. The summed E-state index contributed by atoms with van der Waals surface area (Å²) in [5, 5.41) is 11.3. The van der Waals surface area contributed by atoms with Gasteiger partial charge in [-0.25, -0.2) is 8.42 Å². The fourth-order valence-corrected chi connectivity index (χ4v) is 9.49. The third kappa shape index (κ3) is 9.43. The van der Waals surface area contributed by atoms with E-state index in [4.69, 9.17) is 18.6 Å². The number of nitrogens with zero attached hydrogens (tertiary/aromatic N) is 4. The normalized spacial score (nSPS) is 17.3. The number of rotatable bonds is 17. The molecule has 0 spiro atoms. The first-order valence-corrected chi connectivity index (χ1v) is 19.8. The minimum absolute atomic E-state index is 0.0801. The fourth-order valence-electron chi connectivity index (χ4n) is 5.39. The first-order chi connectivity index (χ1) is 21.7. The Balaban J connectivity index is 1.64. The van der Waals surface area contributed by atoms with Gasteiger partial charge in [0, 0.05) is 0 Å². The summed E-state index contributed by atoms with van der Waals surface area (Å²) >= 11 is 0. The van der Waals surface area contributed by atoms with Gasteiger partial charge in [-0.1, -0.05) is 80.0 Å². The van der Waals surface area contributed by atoms with Crippen molar-refractivity contribution in [1.82, 2.24) is 20.2 Å². The zero-order chi connectivity index (χ0) is 32.3. The average molecular weight is 655 g/mol. The fraction of sp³-hybridized carbons (Fsp3) is 0.485.